The normalized spacial score (nSPS) is 23.3. The summed E-state index contributed by atoms with van der Waals surface area (Å²) in [5.41, 5.74) is 7.28. The first-order valence-corrected chi connectivity index (χ1v) is 8.16. The van der Waals surface area contributed by atoms with Gasteiger partial charge in [-0.2, -0.15) is 0 Å². The molecule has 2 rings (SSSR count). The van der Waals surface area contributed by atoms with Gasteiger partial charge in [0, 0.05) is 12.6 Å². The van der Waals surface area contributed by atoms with E-state index in [0.29, 0.717) is 15.2 Å². The van der Waals surface area contributed by atoms with Crippen LogP contribution in [0.1, 0.15) is 39.0 Å². The Hall–Kier alpha value is -0.520. The molecule has 2 nitrogen and oxygen atoms in total. The van der Waals surface area contributed by atoms with Gasteiger partial charge in [-0.05, 0) is 53.3 Å². The zero-order valence-corrected chi connectivity index (χ0v) is 13.5. The first kappa shape index (κ1) is 14.9. The Morgan fingerprint density at radius 2 is 1.89 bits per heavy atom. The summed E-state index contributed by atoms with van der Waals surface area (Å²) in [7, 11) is 0. The number of nitrogens with two attached hydrogens (primary N) is 1. The van der Waals surface area contributed by atoms with Crippen LogP contribution in [-0.2, 0) is 0 Å². The molecule has 0 aromatic heterocycles. The van der Waals surface area contributed by atoms with E-state index in [1.54, 1.807) is 6.07 Å². The predicted octanol–water partition coefficient (Wildman–Crippen LogP) is 4.64. The lowest BCUT2D eigenvalue weighted by Gasteiger charge is -2.28. The minimum atomic E-state index is -0.202. The Bertz CT molecular complexity index is 428. The smallest absolute Gasteiger partial charge is 0.138 e. The second-order valence-electron chi connectivity index (χ2n) is 5.53. The van der Waals surface area contributed by atoms with E-state index in [1.807, 2.05) is 22.6 Å². The molecule has 0 unspecified atom stereocenters. The fourth-order valence-corrected chi connectivity index (χ4v) is 3.30. The average molecular weight is 376 g/mol. The summed E-state index contributed by atoms with van der Waals surface area (Å²) in [6, 6.07) is 3.20. The predicted molar refractivity (Wildman–Crippen MR) is 87.8 cm³/mol. The highest BCUT2D eigenvalue weighted by Crippen LogP contribution is 2.31. The summed E-state index contributed by atoms with van der Waals surface area (Å²) >= 11 is 1.96. The number of nitrogens with one attached hydrogen (secondary N) is 1. The largest absolute Gasteiger partial charge is 0.397 e. The molecule has 0 saturated heterocycles. The molecule has 0 heterocycles. The molecule has 0 bridgehead atoms. The monoisotopic (exact) mass is 376 g/mol. The number of hydrogen-bond acceptors (Lipinski definition) is 2. The molecule has 0 radical (unpaired) electrons. The Morgan fingerprint density at radius 1 is 1.26 bits per heavy atom. The van der Waals surface area contributed by atoms with E-state index >= 15 is 0 Å². The number of halogens is 2. The minimum Gasteiger partial charge on any atom is -0.397 e. The second-order valence-corrected chi connectivity index (χ2v) is 6.69. The maximum atomic E-state index is 13.5. The molecule has 4 heteroatoms. The molecule has 1 aromatic rings. The van der Waals surface area contributed by atoms with E-state index in [0.717, 1.165) is 18.2 Å². The third-order valence-electron chi connectivity index (χ3n) is 4.22. The van der Waals surface area contributed by atoms with Crippen LogP contribution in [0.2, 0.25) is 0 Å². The zero-order chi connectivity index (χ0) is 13.8. The Morgan fingerprint density at radius 3 is 2.53 bits per heavy atom. The molecule has 1 fully saturated rings. The third kappa shape index (κ3) is 3.97. The van der Waals surface area contributed by atoms with Crippen molar-refractivity contribution in [2.75, 3.05) is 17.6 Å². The summed E-state index contributed by atoms with van der Waals surface area (Å²) in [6.07, 6.45) is 6.52. The van der Waals surface area contributed by atoms with Gasteiger partial charge in [0.05, 0.1) is 14.9 Å². The van der Waals surface area contributed by atoms with Crippen molar-refractivity contribution in [3.05, 3.63) is 21.5 Å². The van der Waals surface area contributed by atoms with Crippen LogP contribution in [-0.4, -0.2) is 6.54 Å². The van der Waals surface area contributed by atoms with Gasteiger partial charge < -0.3 is 11.1 Å². The molecule has 19 heavy (non-hydrogen) atoms. The number of hydrogen-bond donors (Lipinski definition) is 2. The van der Waals surface area contributed by atoms with Crippen molar-refractivity contribution in [2.45, 2.75) is 39.0 Å². The number of benzene rings is 1. The van der Waals surface area contributed by atoms with Crippen LogP contribution in [0, 0.1) is 21.2 Å². The Balaban J connectivity index is 1.88. The molecule has 0 spiro atoms. The molecule has 1 aliphatic rings. The first-order valence-electron chi connectivity index (χ1n) is 7.08. The van der Waals surface area contributed by atoms with E-state index in [2.05, 4.69) is 12.2 Å². The van der Waals surface area contributed by atoms with Crippen molar-refractivity contribution in [1.29, 1.82) is 0 Å². The summed E-state index contributed by atoms with van der Waals surface area (Å²) in [5, 5.41) is 3.32. The fourth-order valence-electron chi connectivity index (χ4n) is 2.81. The summed E-state index contributed by atoms with van der Waals surface area (Å²) in [4.78, 5) is 0. The summed E-state index contributed by atoms with van der Waals surface area (Å²) < 4.78 is 14.1. The average Bonchev–Trinajstić information content (AvgIpc) is 2.42. The highest BCUT2D eigenvalue weighted by atomic mass is 127. The van der Waals surface area contributed by atoms with E-state index in [1.165, 1.54) is 38.2 Å². The molecule has 0 amide bonds. The van der Waals surface area contributed by atoms with Crippen molar-refractivity contribution in [3.8, 4) is 0 Å². The Kier molecular flexibility index (Phi) is 5.30. The third-order valence-corrected chi connectivity index (χ3v) is 5.04. The quantitative estimate of drug-likeness (QED) is 0.594. The fraction of sp³-hybridized carbons (Fsp3) is 0.600. The number of anilines is 2. The van der Waals surface area contributed by atoms with Gasteiger partial charge >= 0.3 is 0 Å². The molecule has 0 aliphatic heterocycles. The molecule has 1 aliphatic carbocycles. The van der Waals surface area contributed by atoms with Crippen LogP contribution < -0.4 is 11.1 Å². The van der Waals surface area contributed by atoms with Crippen LogP contribution in [0.25, 0.3) is 0 Å². The molecular weight excluding hydrogens is 354 g/mol. The maximum absolute atomic E-state index is 13.5. The van der Waals surface area contributed by atoms with Crippen molar-refractivity contribution in [3.63, 3.8) is 0 Å². The van der Waals surface area contributed by atoms with Gasteiger partial charge in [0.1, 0.15) is 5.82 Å². The van der Waals surface area contributed by atoms with E-state index in [9.17, 15) is 4.39 Å². The standard InChI is InChI=1S/C15H22FIN2/c1-2-10-3-5-11(6-4-10)9-19-15-7-12(16)13(17)8-14(15)18/h7-8,10-11,19H,2-6,9,18H2,1H3. The highest BCUT2D eigenvalue weighted by Gasteiger charge is 2.20. The number of nitrogen functional groups attached to an aromatic ring is 1. The molecule has 0 atom stereocenters. The van der Waals surface area contributed by atoms with E-state index in [-0.39, 0.29) is 5.82 Å². The molecular formula is C15H22FIN2. The van der Waals surface area contributed by atoms with Crippen LogP contribution in [0.4, 0.5) is 15.8 Å². The number of rotatable bonds is 4. The van der Waals surface area contributed by atoms with Gasteiger partial charge in [0.25, 0.3) is 0 Å². The SMILES string of the molecule is CCC1CCC(CNc2cc(F)c(I)cc2N)CC1. The topological polar surface area (TPSA) is 38.0 Å². The molecule has 1 aromatic carbocycles. The lowest BCUT2D eigenvalue weighted by Crippen LogP contribution is -2.21. The van der Waals surface area contributed by atoms with Gasteiger partial charge in [-0.1, -0.05) is 26.2 Å². The Labute approximate surface area is 128 Å². The van der Waals surface area contributed by atoms with E-state index in [4.69, 9.17) is 5.73 Å². The minimum absolute atomic E-state index is 0.202. The lowest BCUT2D eigenvalue weighted by atomic mass is 9.81. The summed E-state index contributed by atoms with van der Waals surface area (Å²) in [5.74, 6) is 1.41. The van der Waals surface area contributed by atoms with Crippen LogP contribution >= 0.6 is 22.6 Å². The zero-order valence-electron chi connectivity index (χ0n) is 11.4. The van der Waals surface area contributed by atoms with Crippen LogP contribution in [0.3, 0.4) is 0 Å². The van der Waals surface area contributed by atoms with Gasteiger partial charge in [-0.15, -0.1) is 0 Å². The lowest BCUT2D eigenvalue weighted by molar-refractivity contribution is 0.278. The molecule has 106 valence electrons. The van der Waals surface area contributed by atoms with Crippen molar-refractivity contribution < 1.29 is 4.39 Å². The highest BCUT2D eigenvalue weighted by molar-refractivity contribution is 14.1. The van der Waals surface area contributed by atoms with Crippen molar-refractivity contribution >= 4 is 34.0 Å². The van der Waals surface area contributed by atoms with Crippen molar-refractivity contribution in [1.82, 2.24) is 0 Å². The van der Waals surface area contributed by atoms with Gasteiger partial charge in [0.2, 0.25) is 0 Å². The maximum Gasteiger partial charge on any atom is 0.138 e. The van der Waals surface area contributed by atoms with Crippen LogP contribution in [0.5, 0.6) is 0 Å². The van der Waals surface area contributed by atoms with Crippen LogP contribution in [0.15, 0.2) is 12.1 Å². The van der Waals surface area contributed by atoms with Gasteiger partial charge in [0.15, 0.2) is 0 Å². The van der Waals surface area contributed by atoms with E-state index < -0.39 is 0 Å². The van der Waals surface area contributed by atoms with Gasteiger partial charge in [-0.25, -0.2) is 4.39 Å². The summed E-state index contributed by atoms with van der Waals surface area (Å²) in [6.45, 7) is 3.18. The second kappa shape index (κ2) is 6.77. The van der Waals surface area contributed by atoms with Crippen molar-refractivity contribution in [2.24, 2.45) is 11.8 Å². The molecule has 3 N–H and O–H groups in total. The molecule has 1 saturated carbocycles. The van der Waals surface area contributed by atoms with Gasteiger partial charge in [-0.3, -0.25) is 0 Å². The first-order chi connectivity index (χ1) is 9.10.